The lowest BCUT2D eigenvalue weighted by atomic mass is 10.0. The van der Waals surface area contributed by atoms with Crippen molar-refractivity contribution in [2.45, 2.75) is 13.0 Å². The van der Waals surface area contributed by atoms with Gasteiger partial charge in [0.25, 0.3) is 6.54 Å². The lowest BCUT2D eigenvalue weighted by Gasteiger charge is -2.15. The SMILES string of the molecule is COc1ccc2c(C(C)OC(=O)C[N+](=O)[O-])cccc2c1. The quantitative estimate of drug-likeness (QED) is 0.480. The monoisotopic (exact) mass is 289 g/mol. The first kappa shape index (κ1) is 14.8. The van der Waals surface area contributed by atoms with E-state index in [2.05, 4.69) is 0 Å². The molecule has 0 heterocycles. The van der Waals surface area contributed by atoms with Crippen LogP contribution in [0.25, 0.3) is 10.8 Å². The van der Waals surface area contributed by atoms with Crippen molar-refractivity contribution in [1.82, 2.24) is 0 Å². The Bertz CT molecular complexity index is 683. The number of hydrogen-bond donors (Lipinski definition) is 0. The predicted molar refractivity (Wildman–Crippen MR) is 76.9 cm³/mol. The summed E-state index contributed by atoms with van der Waals surface area (Å²) >= 11 is 0. The molecule has 0 aliphatic carbocycles. The van der Waals surface area contributed by atoms with E-state index in [-0.39, 0.29) is 0 Å². The molecule has 1 unspecified atom stereocenters. The Labute approximate surface area is 121 Å². The fourth-order valence-corrected chi connectivity index (χ4v) is 2.17. The van der Waals surface area contributed by atoms with E-state index < -0.39 is 23.5 Å². The Morgan fingerprint density at radius 3 is 2.76 bits per heavy atom. The molecule has 0 fully saturated rings. The lowest BCUT2D eigenvalue weighted by molar-refractivity contribution is -0.470. The van der Waals surface area contributed by atoms with Crippen molar-refractivity contribution in [3.05, 3.63) is 52.1 Å². The van der Waals surface area contributed by atoms with Crippen molar-refractivity contribution in [2.24, 2.45) is 0 Å². The average Bonchev–Trinajstić information content (AvgIpc) is 2.44. The van der Waals surface area contributed by atoms with Gasteiger partial charge in [-0.2, -0.15) is 0 Å². The molecular weight excluding hydrogens is 274 g/mol. The van der Waals surface area contributed by atoms with E-state index in [0.717, 1.165) is 22.1 Å². The van der Waals surface area contributed by atoms with Crippen molar-refractivity contribution in [2.75, 3.05) is 13.7 Å². The van der Waals surface area contributed by atoms with Gasteiger partial charge >= 0.3 is 5.97 Å². The Balaban J connectivity index is 2.28. The molecule has 0 aliphatic heterocycles. The third-order valence-electron chi connectivity index (χ3n) is 3.13. The van der Waals surface area contributed by atoms with E-state index in [0.29, 0.717) is 0 Å². The van der Waals surface area contributed by atoms with Crippen LogP contribution in [0.5, 0.6) is 5.75 Å². The van der Waals surface area contributed by atoms with Gasteiger partial charge in [-0.05, 0) is 35.4 Å². The van der Waals surface area contributed by atoms with Crippen LogP contribution in [0.15, 0.2) is 36.4 Å². The third kappa shape index (κ3) is 3.47. The topological polar surface area (TPSA) is 78.7 Å². The summed E-state index contributed by atoms with van der Waals surface area (Å²) in [6.07, 6.45) is -0.561. The normalized spacial score (nSPS) is 11.9. The molecule has 0 N–H and O–H groups in total. The number of nitro groups is 1. The summed E-state index contributed by atoms with van der Waals surface area (Å²) in [4.78, 5) is 21.0. The van der Waals surface area contributed by atoms with Crippen LogP contribution in [0.3, 0.4) is 0 Å². The maximum Gasteiger partial charge on any atom is 0.379 e. The number of fused-ring (bicyclic) bond motifs is 1. The van der Waals surface area contributed by atoms with Crippen LogP contribution < -0.4 is 4.74 Å². The first-order valence-corrected chi connectivity index (χ1v) is 6.39. The first-order chi connectivity index (χ1) is 10.0. The highest BCUT2D eigenvalue weighted by molar-refractivity contribution is 5.87. The molecule has 1 atom stereocenters. The summed E-state index contributed by atoms with van der Waals surface area (Å²) in [6.45, 7) is 0.861. The Morgan fingerprint density at radius 1 is 1.33 bits per heavy atom. The summed E-state index contributed by atoms with van der Waals surface area (Å²) in [5, 5.41) is 12.2. The van der Waals surface area contributed by atoms with E-state index >= 15 is 0 Å². The lowest BCUT2D eigenvalue weighted by Crippen LogP contribution is -2.18. The molecule has 0 saturated carbocycles. The maximum atomic E-state index is 11.4. The van der Waals surface area contributed by atoms with Crippen LogP contribution in [0, 0.1) is 10.1 Å². The predicted octanol–water partition coefficient (Wildman–Crippen LogP) is 2.73. The zero-order valence-corrected chi connectivity index (χ0v) is 11.7. The molecule has 2 aromatic carbocycles. The van der Waals surface area contributed by atoms with Crippen molar-refractivity contribution in [1.29, 1.82) is 0 Å². The molecule has 0 aliphatic rings. The Kier molecular flexibility index (Phi) is 4.37. The van der Waals surface area contributed by atoms with Crippen LogP contribution in [-0.2, 0) is 9.53 Å². The number of benzene rings is 2. The molecule has 0 radical (unpaired) electrons. The number of ether oxygens (including phenoxy) is 2. The van der Waals surface area contributed by atoms with Gasteiger partial charge in [0.05, 0.1) is 7.11 Å². The number of esters is 1. The minimum atomic E-state index is -0.849. The van der Waals surface area contributed by atoms with E-state index in [4.69, 9.17) is 9.47 Å². The van der Waals surface area contributed by atoms with Gasteiger partial charge in [0.2, 0.25) is 0 Å². The minimum Gasteiger partial charge on any atom is -0.497 e. The molecule has 6 heteroatoms. The molecule has 0 bridgehead atoms. The van der Waals surface area contributed by atoms with E-state index in [1.165, 1.54) is 0 Å². The second-order valence-corrected chi connectivity index (χ2v) is 4.56. The van der Waals surface area contributed by atoms with Crippen LogP contribution in [0.4, 0.5) is 0 Å². The Hall–Kier alpha value is -2.63. The molecule has 21 heavy (non-hydrogen) atoms. The molecular formula is C15H15NO5. The van der Waals surface area contributed by atoms with Gasteiger partial charge in [0.15, 0.2) is 0 Å². The summed E-state index contributed by atoms with van der Waals surface area (Å²) < 4.78 is 10.3. The van der Waals surface area contributed by atoms with Crippen LogP contribution in [0.2, 0.25) is 0 Å². The van der Waals surface area contributed by atoms with E-state index in [1.807, 2.05) is 36.4 Å². The van der Waals surface area contributed by atoms with Crippen LogP contribution in [-0.4, -0.2) is 24.5 Å². The Morgan fingerprint density at radius 2 is 2.10 bits per heavy atom. The van der Waals surface area contributed by atoms with Crippen molar-refractivity contribution in [3.8, 4) is 5.75 Å². The number of carbonyl (C=O) groups is 1. The van der Waals surface area contributed by atoms with Gasteiger partial charge in [-0.25, -0.2) is 4.79 Å². The summed E-state index contributed by atoms with van der Waals surface area (Å²) in [6, 6.07) is 11.2. The first-order valence-electron chi connectivity index (χ1n) is 6.39. The number of hydrogen-bond acceptors (Lipinski definition) is 5. The van der Waals surface area contributed by atoms with Gasteiger partial charge in [-0.15, -0.1) is 0 Å². The molecule has 2 aromatic rings. The maximum absolute atomic E-state index is 11.4. The van der Waals surface area contributed by atoms with Crippen molar-refractivity contribution < 1.29 is 19.2 Å². The number of methoxy groups -OCH3 is 1. The summed E-state index contributed by atoms with van der Waals surface area (Å²) in [7, 11) is 1.59. The average molecular weight is 289 g/mol. The second-order valence-electron chi connectivity index (χ2n) is 4.56. The third-order valence-corrected chi connectivity index (χ3v) is 3.13. The molecule has 2 rings (SSSR count). The zero-order valence-electron chi connectivity index (χ0n) is 11.7. The van der Waals surface area contributed by atoms with Gasteiger partial charge in [-0.3, -0.25) is 10.1 Å². The molecule has 0 amide bonds. The summed E-state index contributed by atoms with van der Waals surface area (Å²) in [5.41, 5.74) is 0.798. The molecule has 0 saturated heterocycles. The minimum absolute atomic E-state index is 0.561. The number of carbonyl (C=O) groups excluding carboxylic acids is 1. The van der Waals surface area contributed by atoms with Crippen LogP contribution >= 0.6 is 0 Å². The van der Waals surface area contributed by atoms with Crippen LogP contribution in [0.1, 0.15) is 18.6 Å². The smallest absolute Gasteiger partial charge is 0.379 e. The fourth-order valence-electron chi connectivity index (χ4n) is 2.17. The molecule has 0 aromatic heterocycles. The van der Waals surface area contributed by atoms with E-state index in [1.54, 1.807) is 14.0 Å². The highest BCUT2D eigenvalue weighted by Gasteiger charge is 2.18. The van der Waals surface area contributed by atoms with Gasteiger partial charge in [0.1, 0.15) is 11.9 Å². The van der Waals surface area contributed by atoms with Crippen molar-refractivity contribution >= 4 is 16.7 Å². The highest BCUT2D eigenvalue weighted by Crippen LogP contribution is 2.29. The van der Waals surface area contributed by atoms with E-state index in [9.17, 15) is 14.9 Å². The molecule has 6 nitrogen and oxygen atoms in total. The number of nitrogens with zero attached hydrogens (tertiary/aromatic N) is 1. The van der Waals surface area contributed by atoms with Gasteiger partial charge in [0, 0.05) is 4.92 Å². The highest BCUT2D eigenvalue weighted by atomic mass is 16.6. The van der Waals surface area contributed by atoms with Gasteiger partial charge in [-0.1, -0.05) is 24.3 Å². The van der Waals surface area contributed by atoms with Gasteiger partial charge < -0.3 is 9.47 Å². The fraction of sp³-hybridized carbons (Fsp3) is 0.267. The number of rotatable bonds is 5. The molecule has 0 spiro atoms. The van der Waals surface area contributed by atoms with Crippen molar-refractivity contribution in [3.63, 3.8) is 0 Å². The second kappa shape index (κ2) is 6.21. The largest absolute Gasteiger partial charge is 0.497 e. The zero-order chi connectivity index (χ0) is 15.4. The standard InChI is InChI=1S/C15H15NO5/c1-10(21-15(17)9-16(18)19)13-5-3-4-11-8-12(20-2)6-7-14(11)13/h3-8,10H,9H2,1-2H3. The molecule has 110 valence electrons. The summed E-state index contributed by atoms with van der Waals surface area (Å²) in [5.74, 6) is -0.115.